The van der Waals surface area contributed by atoms with E-state index in [9.17, 15) is 9.59 Å². The Morgan fingerprint density at radius 2 is 1.67 bits per heavy atom. The van der Waals surface area contributed by atoms with Gasteiger partial charge in [0.15, 0.2) is 0 Å². The fourth-order valence-corrected chi connectivity index (χ4v) is 3.33. The Morgan fingerprint density at radius 3 is 2.37 bits per heavy atom. The van der Waals surface area contributed by atoms with Gasteiger partial charge >= 0.3 is 6.03 Å². The second kappa shape index (κ2) is 6.57. The van der Waals surface area contributed by atoms with Gasteiger partial charge in [-0.3, -0.25) is 9.78 Å². The molecule has 0 spiro atoms. The summed E-state index contributed by atoms with van der Waals surface area (Å²) in [4.78, 5) is 30.3. The van der Waals surface area contributed by atoms with Crippen molar-refractivity contribution in [1.82, 2.24) is 14.9 Å². The number of aryl methyl sites for hydroxylation is 1. The summed E-state index contributed by atoms with van der Waals surface area (Å²) >= 11 is 0. The van der Waals surface area contributed by atoms with Gasteiger partial charge in [0.1, 0.15) is 5.70 Å². The maximum Gasteiger partial charge on any atom is 0.333 e. The van der Waals surface area contributed by atoms with Crippen LogP contribution in [0.3, 0.4) is 0 Å². The molecule has 1 saturated heterocycles. The number of hydrogen-bond acceptors (Lipinski definition) is 3. The van der Waals surface area contributed by atoms with Crippen LogP contribution in [0.4, 0.5) is 10.5 Å². The Morgan fingerprint density at radius 1 is 0.963 bits per heavy atom. The van der Waals surface area contributed by atoms with E-state index in [1.54, 1.807) is 42.7 Å². The topological polar surface area (TPSA) is 67.2 Å². The lowest BCUT2D eigenvalue weighted by atomic mass is 10.2. The van der Waals surface area contributed by atoms with Crippen LogP contribution < -0.4 is 10.2 Å². The number of anilines is 1. The predicted octanol–water partition coefficient (Wildman–Crippen LogP) is 3.59. The highest BCUT2D eigenvalue weighted by Gasteiger charge is 2.34. The molecule has 4 rings (SSSR count). The van der Waals surface area contributed by atoms with Crippen LogP contribution in [-0.4, -0.2) is 21.5 Å². The second-order valence-electron chi connectivity index (χ2n) is 6.33. The van der Waals surface area contributed by atoms with Crippen molar-refractivity contribution in [3.05, 3.63) is 83.6 Å². The van der Waals surface area contributed by atoms with Gasteiger partial charge in [0.25, 0.3) is 5.91 Å². The zero-order chi connectivity index (χ0) is 19.0. The zero-order valence-corrected chi connectivity index (χ0v) is 15.0. The maximum absolute atomic E-state index is 12.8. The lowest BCUT2D eigenvalue weighted by Gasteiger charge is -2.10. The zero-order valence-electron chi connectivity index (χ0n) is 15.0. The van der Waals surface area contributed by atoms with Gasteiger partial charge in [-0.05, 0) is 55.8 Å². The summed E-state index contributed by atoms with van der Waals surface area (Å²) < 4.78 is 2.09. The van der Waals surface area contributed by atoms with E-state index in [1.165, 1.54) is 0 Å². The van der Waals surface area contributed by atoms with Gasteiger partial charge in [0, 0.05) is 29.5 Å². The molecule has 1 aromatic carbocycles. The van der Waals surface area contributed by atoms with Crippen LogP contribution in [0, 0.1) is 13.8 Å². The molecule has 1 aliphatic heterocycles. The van der Waals surface area contributed by atoms with Crippen molar-refractivity contribution < 1.29 is 9.59 Å². The quantitative estimate of drug-likeness (QED) is 0.575. The third-order valence-electron chi connectivity index (χ3n) is 4.58. The third kappa shape index (κ3) is 2.91. The minimum atomic E-state index is -0.444. The number of hydrogen-bond donors (Lipinski definition) is 1. The summed E-state index contributed by atoms with van der Waals surface area (Å²) in [5, 5.41) is 2.68. The summed E-state index contributed by atoms with van der Waals surface area (Å²) in [5.41, 5.74) is 4.69. The molecular formula is C21H18N4O2. The maximum atomic E-state index is 12.8. The Hall–Kier alpha value is -3.67. The van der Waals surface area contributed by atoms with E-state index in [0.717, 1.165) is 27.5 Å². The molecule has 0 radical (unpaired) electrons. The monoisotopic (exact) mass is 358 g/mol. The van der Waals surface area contributed by atoms with E-state index in [0.29, 0.717) is 5.69 Å². The normalized spacial score (nSPS) is 15.5. The van der Waals surface area contributed by atoms with Gasteiger partial charge in [0.2, 0.25) is 0 Å². The van der Waals surface area contributed by atoms with E-state index in [4.69, 9.17) is 0 Å². The third-order valence-corrected chi connectivity index (χ3v) is 4.58. The van der Waals surface area contributed by atoms with Crippen LogP contribution in [0.1, 0.15) is 17.0 Å². The smallest absolute Gasteiger partial charge is 0.318 e. The van der Waals surface area contributed by atoms with Gasteiger partial charge in [-0.15, -0.1) is 0 Å². The summed E-state index contributed by atoms with van der Waals surface area (Å²) in [6.07, 6.45) is 5.21. The molecule has 6 nitrogen and oxygen atoms in total. The molecule has 0 unspecified atom stereocenters. The molecule has 0 aliphatic carbocycles. The average molecular weight is 358 g/mol. The van der Waals surface area contributed by atoms with Crippen molar-refractivity contribution >= 4 is 23.7 Å². The molecule has 134 valence electrons. The van der Waals surface area contributed by atoms with E-state index in [1.807, 2.05) is 38.1 Å². The van der Waals surface area contributed by atoms with Crippen molar-refractivity contribution in [1.29, 1.82) is 0 Å². The summed E-state index contributed by atoms with van der Waals surface area (Å²) in [6, 6.07) is 14.3. The highest BCUT2D eigenvalue weighted by molar-refractivity contribution is 6.28. The summed E-state index contributed by atoms with van der Waals surface area (Å²) in [5.74, 6) is -0.361. The molecule has 3 aromatic rings. The highest BCUT2D eigenvalue weighted by Crippen LogP contribution is 2.25. The van der Waals surface area contributed by atoms with Crippen molar-refractivity contribution in [3.63, 3.8) is 0 Å². The first-order valence-corrected chi connectivity index (χ1v) is 8.58. The van der Waals surface area contributed by atoms with Crippen LogP contribution in [0.2, 0.25) is 0 Å². The molecule has 6 heteroatoms. The Bertz CT molecular complexity index is 1050. The largest absolute Gasteiger partial charge is 0.333 e. The van der Waals surface area contributed by atoms with E-state index in [-0.39, 0.29) is 11.6 Å². The number of rotatable bonds is 3. The van der Waals surface area contributed by atoms with Crippen LogP contribution in [0.15, 0.2) is 66.6 Å². The van der Waals surface area contributed by atoms with Crippen LogP contribution in [-0.2, 0) is 4.79 Å². The van der Waals surface area contributed by atoms with Gasteiger partial charge in [-0.25, -0.2) is 9.69 Å². The first kappa shape index (κ1) is 16.8. The molecule has 27 heavy (non-hydrogen) atoms. The fraction of sp³-hybridized carbons (Fsp3) is 0.0952. The van der Waals surface area contributed by atoms with Crippen LogP contribution >= 0.6 is 0 Å². The Kier molecular flexibility index (Phi) is 4.08. The summed E-state index contributed by atoms with van der Waals surface area (Å²) in [7, 11) is 0. The van der Waals surface area contributed by atoms with Crippen molar-refractivity contribution in [2.24, 2.45) is 0 Å². The lowest BCUT2D eigenvalue weighted by Crippen LogP contribution is -2.30. The van der Waals surface area contributed by atoms with Gasteiger partial charge < -0.3 is 9.88 Å². The lowest BCUT2D eigenvalue weighted by molar-refractivity contribution is -0.113. The standard InChI is InChI=1S/C21H18N4O2/c1-14-12-16(15(2)24(14)18-8-10-22-11-9-18)13-19-20(26)25(21(27)23-19)17-6-4-3-5-7-17/h3-13H,1-2H3,(H,23,27)/b19-13-. The van der Waals surface area contributed by atoms with Crippen molar-refractivity contribution in [2.45, 2.75) is 13.8 Å². The SMILES string of the molecule is Cc1cc(/C=C2\NC(=O)N(c3ccccc3)C2=O)c(C)n1-c1ccncc1. The summed E-state index contributed by atoms with van der Waals surface area (Å²) in [6.45, 7) is 3.98. The van der Waals surface area contributed by atoms with E-state index >= 15 is 0 Å². The number of urea groups is 1. The van der Waals surface area contributed by atoms with Gasteiger partial charge in [0.05, 0.1) is 5.69 Å². The number of para-hydroxylation sites is 1. The van der Waals surface area contributed by atoms with Crippen molar-refractivity contribution in [2.75, 3.05) is 4.90 Å². The number of carbonyl (C=O) groups is 2. The highest BCUT2D eigenvalue weighted by atomic mass is 16.2. The molecule has 0 atom stereocenters. The number of carbonyl (C=O) groups excluding carboxylic acids is 2. The molecule has 2 aromatic heterocycles. The molecule has 3 amide bonds. The molecule has 1 fully saturated rings. The van der Waals surface area contributed by atoms with Gasteiger partial charge in [-0.2, -0.15) is 0 Å². The van der Waals surface area contributed by atoms with Crippen LogP contribution in [0.5, 0.6) is 0 Å². The minimum Gasteiger partial charge on any atom is -0.318 e. The van der Waals surface area contributed by atoms with E-state index in [2.05, 4.69) is 14.9 Å². The minimum absolute atomic E-state index is 0.263. The number of nitrogens with one attached hydrogen (secondary N) is 1. The fourth-order valence-electron chi connectivity index (χ4n) is 3.33. The first-order valence-electron chi connectivity index (χ1n) is 8.58. The number of amides is 3. The van der Waals surface area contributed by atoms with Gasteiger partial charge in [-0.1, -0.05) is 18.2 Å². The first-order chi connectivity index (χ1) is 13.1. The molecule has 0 saturated carbocycles. The number of pyridine rings is 1. The number of benzene rings is 1. The molecular weight excluding hydrogens is 340 g/mol. The van der Waals surface area contributed by atoms with Crippen molar-refractivity contribution in [3.8, 4) is 5.69 Å². The number of nitrogens with zero attached hydrogens (tertiary/aromatic N) is 3. The number of aromatic nitrogens is 2. The molecule has 1 aliphatic rings. The van der Waals surface area contributed by atoms with E-state index < -0.39 is 6.03 Å². The molecule has 1 N–H and O–H groups in total. The Labute approximate surface area is 156 Å². The number of imide groups is 1. The average Bonchev–Trinajstić information content (AvgIpc) is 3.11. The Balaban J connectivity index is 1.71. The van der Waals surface area contributed by atoms with Crippen LogP contribution in [0.25, 0.3) is 11.8 Å². The molecule has 0 bridgehead atoms. The predicted molar refractivity (Wildman–Crippen MR) is 103 cm³/mol. The second-order valence-corrected chi connectivity index (χ2v) is 6.33. The molecule has 3 heterocycles.